The van der Waals surface area contributed by atoms with Crippen LogP contribution in [0.15, 0.2) is 146 Å². The van der Waals surface area contributed by atoms with Gasteiger partial charge in [-0.25, -0.2) is 0 Å². The Kier molecular flexibility index (Phi) is 6.74. The molecule has 2 unspecified atom stereocenters. The third kappa shape index (κ3) is 4.56. The van der Waals surface area contributed by atoms with Crippen LogP contribution in [0.2, 0.25) is 0 Å². The summed E-state index contributed by atoms with van der Waals surface area (Å²) in [5, 5.41) is 2.54. The van der Waals surface area contributed by atoms with Gasteiger partial charge in [-0.2, -0.15) is 0 Å². The zero-order valence-electron chi connectivity index (χ0n) is 23.4. The number of benzene rings is 5. The number of fused-ring (bicyclic) bond motifs is 2. The summed E-state index contributed by atoms with van der Waals surface area (Å²) in [5.41, 5.74) is 8.85. The van der Waals surface area contributed by atoms with Gasteiger partial charge in [0.05, 0.1) is 17.4 Å². The van der Waals surface area contributed by atoms with E-state index in [0.29, 0.717) is 5.92 Å². The van der Waals surface area contributed by atoms with Crippen LogP contribution < -0.4 is 9.80 Å². The van der Waals surface area contributed by atoms with Gasteiger partial charge in [0.25, 0.3) is 0 Å². The van der Waals surface area contributed by atoms with Crippen LogP contribution >= 0.6 is 0 Å². The van der Waals surface area contributed by atoms with Crippen molar-refractivity contribution in [2.75, 3.05) is 9.80 Å². The van der Waals surface area contributed by atoms with E-state index in [1.807, 2.05) is 0 Å². The van der Waals surface area contributed by atoms with Gasteiger partial charge in [-0.15, -0.1) is 0 Å². The zero-order chi connectivity index (χ0) is 27.6. The summed E-state index contributed by atoms with van der Waals surface area (Å²) in [6.45, 7) is 2.38. The molecule has 7 rings (SSSR count). The maximum absolute atomic E-state index is 2.57. The van der Waals surface area contributed by atoms with Crippen molar-refractivity contribution in [3.8, 4) is 0 Å². The molecule has 41 heavy (non-hydrogen) atoms. The van der Waals surface area contributed by atoms with Crippen molar-refractivity contribution in [3.05, 3.63) is 157 Å². The molecule has 5 aromatic carbocycles. The molecule has 0 saturated carbocycles. The predicted molar refractivity (Wildman–Crippen MR) is 176 cm³/mol. The Morgan fingerprint density at radius 2 is 1.12 bits per heavy atom. The molecule has 0 heterocycles. The van der Waals surface area contributed by atoms with E-state index in [1.165, 1.54) is 50.3 Å². The first-order chi connectivity index (χ1) is 20.3. The molecule has 0 spiro atoms. The molecule has 2 nitrogen and oxygen atoms in total. The van der Waals surface area contributed by atoms with E-state index in [1.54, 1.807) is 0 Å². The minimum Gasteiger partial charge on any atom is -0.333 e. The van der Waals surface area contributed by atoms with Gasteiger partial charge < -0.3 is 9.80 Å². The van der Waals surface area contributed by atoms with Crippen molar-refractivity contribution in [2.24, 2.45) is 0 Å². The maximum Gasteiger partial charge on any atom is 0.0582 e. The molecule has 2 atom stereocenters. The summed E-state index contributed by atoms with van der Waals surface area (Å²) >= 11 is 0. The largest absolute Gasteiger partial charge is 0.333 e. The van der Waals surface area contributed by atoms with Crippen molar-refractivity contribution >= 4 is 45.3 Å². The van der Waals surface area contributed by atoms with Gasteiger partial charge in [-0.05, 0) is 60.7 Å². The molecule has 2 aliphatic carbocycles. The molecule has 5 aromatic rings. The normalized spacial score (nSPS) is 17.4. The SMILES string of the molecule is CC1CC=Cc2c1c(N(c1ccccc1)c1ccccc1)c1ccccc1c2N(c1ccccc1)C1C=CC=CC1. The van der Waals surface area contributed by atoms with Crippen molar-refractivity contribution in [2.45, 2.75) is 31.7 Å². The monoisotopic (exact) mass is 530 g/mol. The number of para-hydroxylation sites is 3. The van der Waals surface area contributed by atoms with E-state index < -0.39 is 0 Å². The third-order valence-electron chi connectivity index (χ3n) is 8.32. The Morgan fingerprint density at radius 1 is 0.561 bits per heavy atom. The first kappa shape index (κ1) is 25.2. The Bertz CT molecular complexity index is 1710. The smallest absolute Gasteiger partial charge is 0.0582 e. The summed E-state index contributed by atoms with van der Waals surface area (Å²) in [6.07, 6.45) is 15.7. The van der Waals surface area contributed by atoms with Crippen LogP contribution in [0.25, 0.3) is 16.8 Å². The third-order valence-corrected chi connectivity index (χ3v) is 8.32. The van der Waals surface area contributed by atoms with Crippen molar-refractivity contribution in [1.82, 2.24) is 0 Å². The Hall–Kier alpha value is -4.82. The van der Waals surface area contributed by atoms with Crippen LogP contribution in [0, 0.1) is 0 Å². The summed E-state index contributed by atoms with van der Waals surface area (Å²) in [6, 6.07) is 41.8. The summed E-state index contributed by atoms with van der Waals surface area (Å²) in [5.74, 6) is 0.364. The minimum absolute atomic E-state index is 0.228. The van der Waals surface area contributed by atoms with Crippen LogP contribution in [0.4, 0.5) is 28.4 Å². The molecule has 0 bridgehead atoms. The van der Waals surface area contributed by atoms with Gasteiger partial charge in [0.15, 0.2) is 0 Å². The van der Waals surface area contributed by atoms with Crippen LogP contribution in [0.3, 0.4) is 0 Å². The molecule has 0 N–H and O–H groups in total. The topological polar surface area (TPSA) is 6.48 Å². The Morgan fingerprint density at radius 3 is 1.71 bits per heavy atom. The van der Waals surface area contributed by atoms with Gasteiger partial charge >= 0.3 is 0 Å². The van der Waals surface area contributed by atoms with E-state index in [2.05, 4.69) is 168 Å². The highest BCUT2D eigenvalue weighted by molar-refractivity contribution is 6.11. The number of anilines is 5. The molecule has 0 saturated heterocycles. The van der Waals surface area contributed by atoms with E-state index in [0.717, 1.165) is 12.8 Å². The number of hydrogen-bond acceptors (Lipinski definition) is 2. The van der Waals surface area contributed by atoms with E-state index in [4.69, 9.17) is 0 Å². The highest BCUT2D eigenvalue weighted by Crippen LogP contribution is 2.52. The van der Waals surface area contributed by atoms with E-state index >= 15 is 0 Å². The fraction of sp³-hybridized carbons (Fsp3) is 0.128. The second-order valence-electron chi connectivity index (χ2n) is 10.9. The van der Waals surface area contributed by atoms with Crippen LogP contribution in [-0.4, -0.2) is 6.04 Å². The van der Waals surface area contributed by atoms with Gasteiger partial charge in [0.1, 0.15) is 0 Å². The highest BCUT2D eigenvalue weighted by atomic mass is 15.2. The second kappa shape index (κ2) is 11.0. The molecule has 200 valence electrons. The summed E-state index contributed by atoms with van der Waals surface area (Å²) in [4.78, 5) is 5.04. The lowest BCUT2D eigenvalue weighted by Crippen LogP contribution is -2.31. The predicted octanol–water partition coefficient (Wildman–Crippen LogP) is 10.9. The van der Waals surface area contributed by atoms with Gasteiger partial charge in [0, 0.05) is 33.4 Å². The lowest BCUT2D eigenvalue weighted by molar-refractivity contribution is 0.762. The standard InChI is InChI=1S/C39H34N2/c1-29-17-16-28-36-37(29)39(41(32-22-10-4-11-23-32)33-24-12-5-13-25-33)35-27-15-14-26-34(35)38(36)40(30-18-6-2-7-19-30)31-20-8-3-9-21-31/h2-16,18-20,22-29,31H,17,21H2,1H3. The Labute approximate surface area is 243 Å². The van der Waals surface area contributed by atoms with Gasteiger partial charge in [-0.1, -0.05) is 122 Å². The summed E-state index contributed by atoms with van der Waals surface area (Å²) in [7, 11) is 0. The first-order valence-corrected chi connectivity index (χ1v) is 14.6. The average molecular weight is 531 g/mol. The Balaban J connectivity index is 1.59. The molecular formula is C39H34N2. The maximum atomic E-state index is 2.57. The summed E-state index contributed by atoms with van der Waals surface area (Å²) < 4.78 is 0. The quantitative estimate of drug-likeness (QED) is 0.201. The second-order valence-corrected chi connectivity index (χ2v) is 10.9. The molecule has 0 amide bonds. The minimum atomic E-state index is 0.228. The zero-order valence-corrected chi connectivity index (χ0v) is 23.4. The first-order valence-electron chi connectivity index (χ1n) is 14.6. The lowest BCUT2D eigenvalue weighted by Gasteiger charge is -2.39. The van der Waals surface area contributed by atoms with Crippen molar-refractivity contribution < 1.29 is 0 Å². The number of hydrogen-bond donors (Lipinski definition) is 0. The molecule has 0 fully saturated rings. The molecular weight excluding hydrogens is 496 g/mol. The number of rotatable bonds is 6. The fourth-order valence-corrected chi connectivity index (χ4v) is 6.51. The number of allylic oxidation sites excluding steroid dienone is 3. The number of nitrogens with zero attached hydrogens (tertiary/aromatic N) is 2. The molecule has 2 heteroatoms. The van der Waals surface area contributed by atoms with Crippen LogP contribution in [-0.2, 0) is 0 Å². The van der Waals surface area contributed by atoms with Gasteiger partial charge in [0.2, 0.25) is 0 Å². The van der Waals surface area contributed by atoms with Crippen molar-refractivity contribution in [1.29, 1.82) is 0 Å². The van der Waals surface area contributed by atoms with E-state index in [-0.39, 0.29) is 6.04 Å². The lowest BCUT2D eigenvalue weighted by atomic mass is 9.82. The van der Waals surface area contributed by atoms with Crippen LogP contribution in [0.5, 0.6) is 0 Å². The molecule has 0 aliphatic heterocycles. The highest BCUT2D eigenvalue weighted by Gasteiger charge is 2.32. The average Bonchev–Trinajstić information content (AvgIpc) is 3.04. The van der Waals surface area contributed by atoms with E-state index in [9.17, 15) is 0 Å². The fourth-order valence-electron chi connectivity index (χ4n) is 6.51. The van der Waals surface area contributed by atoms with Crippen LogP contribution in [0.1, 0.15) is 36.8 Å². The molecule has 0 aromatic heterocycles. The van der Waals surface area contributed by atoms with Gasteiger partial charge in [-0.3, -0.25) is 0 Å². The molecule has 2 aliphatic rings. The van der Waals surface area contributed by atoms with Crippen molar-refractivity contribution in [3.63, 3.8) is 0 Å². The molecule has 0 radical (unpaired) electrons.